The van der Waals surface area contributed by atoms with Crippen molar-refractivity contribution < 1.29 is 0 Å². The Morgan fingerprint density at radius 2 is 1.81 bits per heavy atom. The molecule has 0 amide bonds. The zero-order chi connectivity index (χ0) is 12.0. The van der Waals surface area contributed by atoms with Crippen LogP contribution in [0.3, 0.4) is 0 Å². The highest BCUT2D eigenvalue weighted by Gasteiger charge is 1.98. The lowest BCUT2D eigenvalue weighted by Crippen LogP contribution is -2.19. The molecule has 0 aliphatic heterocycles. The zero-order valence-electron chi connectivity index (χ0n) is 11.0. The number of hydrogen-bond acceptors (Lipinski definition) is 2. The minimum atomic E-state index is 0.713. The Labute approximate surface area is 99.7 Å². The van der Waals surface area contributed by atoms with E-state index in [1.807, 2.05) is 0 Å². The van der Waals surface area contributed by atoms with Crippen molar-refractivity contribution in [2.45, 2.75) is 27.3 Å². The van der Waals surface area contributed by atoms with Gasteiger partial charge >= 0.3 is 0 Å². The van der Waals surface area contributed by atoms with Crippen molar-refractivity contribution in [3.8, 4) is 0 Å². The first-order valence-corrected chi connectivity index (χ1v) is 6.14. The lowest BCUT2D eigenvalue weighted by atomic mass is 10.2. The molecule has 1 aromatic carbocycles. The lowest BCUT2D eigenvalue weighted by molar-refractivity contribution is 0.552. The molecule has 2 nitrogen and oxygen atoms in total. The highest BCUT2D eigenvalue weighted by atomic mass is 15.1. The Bertz CT molecular complexity index is 290. The predicted molar refractivity (Wildman–Crippen MR) is 71.9 cm³/mol. The summed E-state index contributed by atoms with van der Waals surface area (Å²) in [6, 6.07) is 8.79. The van der Waals surface area contributed by atoms with Crippen LogP contribution in [0.15, 0.2) is 24.3 Å². The molecule has 0 aliphatic carbocycles. The summed E-state index contributed by atoms with van der Waals surface area (Å²) in [4.78, 5) is 2.24. The Morgan fingerprint density at radius 1 is 1.19 bits per heavy atom. The standard InChI is InChI=1S/C14H24N2/c1-5-16(4)14-8-6-13(7-9-14)11-15-10-12(2)3/h6-9,12,15H,5,10-11H2,1-4H3. The van der Waals surface area contributed by atoms with Gasteiger partial charge in [0, 0.05) is 25.8 Å². The molecule has 0 saturated carbocycles. The van der Waals surface area contributed by atoms with Crippen molar-refractivity contribution >= 4 is 5.69 Å². The largest absolute Gasteiger partial charge is 0.375 e. The van der Waals surface area contributed by atoms with Gasteiger partial charge in [0.1, 0.15) is 0 Å². The maximum Gasteiger partial charge on any atom is 0.0363 e. The predicted octanol–water partition coefficient (Wildman–Crippen LogP) is 2.89. The highest BCUT2D eigenvalue weighted by Crippen LogP contribution is 2.13. The van der Waals surface area contributed by atoms with Gasteiger partial charge in [-0.2, -0.15) is 0 Å². The van der Waals surface area contributed by atoms with Crippen LogP contribution in [0.1, 0.15) is 26.3 Å². The minimum Gasteiger partial charge on any atom is -0.375 e. The summed E-state index contributed by atoms with van der Waals surface area (Å²) in [5.74, 6) is 0.713. The fourth-order valence-corrected chi connectivity index (χ4v) is 1.56. The third-order valence-electron chi connectivity index (χ3n) is 2.73. The first-order chi connectivity index (χ1) is 7.63. The Balaban J connectivity index is 2.45. The van der Waals surface area contributed by atoms with Crippen molar-refractivity contribution in [2.24, 2.45) is 5.92 Å². The van der Waals surface area contributed by atoms with Crippen molar-refractivity contribution in [3.63, 3.8) is 0 Å². The number of anilines is 1. The van der Waals surface area contributed by atoms with Gasteiger partial charge in [-0.15, -0.1) is 0 Å². The van der Waals surface area contributed by atoms with Crippen molar-refractivity contribution in [1.82, 2.24) is 5.32 Å². The number of benzene rings is 1. The van der Waals surface area contributed by atoms with Crippen molar-refractivity contribution in [2.75, 3.05) is 25.0 Å². The van der Waals surface area contributed by atoms with Crippen molar-refractivity contribution in [3.05, 3.63) is 29.8 Å². The van der Waals surface area contributed by atoms with Crippen LogP contribution in [0.2, 0.25) is 0 Å². The van der Waals surface area contributed by atoms with E-state index in [-0.39, 0.29) is 0 Å². The normalized spacial score (nSPS) is 10.8. The van der Waals surface area contributed by atoms with E-state index >= 15 is 0 Å². The van der Waals surface area contributed by atoms with Gasteiger partial charge in [0.15, 0.2) is 0 Å². The van der Waals surface area contributed by atoms with Crippen LogP contribution < -0.4 is 10.2 Å². The Hall–Kier alpha value is -1.02. The van der Waals surface area contributed by atoms with Crippen LogP contribution in [-0.2, 0) is 6.54 Å². The van der Waals surface area contributed by atoms with Crippen LogP contribution in [0.4, 0.5) is 5.69 Å². The van der Waals surface area contributed by atoms with Gasteiger partial charge in [0.2, 0.25) is 0 Å². The first kappa shape index (κ1) is 13.0. The maximum absolute atomic E-state index is 3.45. The average molecular weight is 220 g/mol. The SMILES string of the molecule is CCN(C)c1ccc(CNCC(C)C)cc1. The van der Waals surface area contributed by atoms with Crippen LogP contribution in [-0.4, -0.2) is 20.1 Å². The van der Waals surface area contributed by atoms with E-state index in [1.54, 1.807) is 0 Å². The Kier molecular flexibility index (Phi) is 5.33. The van der Waals surface area contributed by atoms with E-state index in [2.05, 4.69) is 62.3 Å². The molecule has 16 heavy (non-hydrogen) atoms. The number of nitrogens with one attached hydrogen (secondary N) is 1. The third-order valence-corrected chi connectivity index (χ3v) is 2.73. The van der Waals surface area contributed by atoms with Crippen LogP contribution in [0.25, 0.3) is 0 Å². The van der Waals surface area contributed by atoms with Gasteiger partial charge in [-0.3, -0.25) is 0 Å². The summed E-state index contributed by atoms with van der Waals surface area (Å²) in [6.45, 7) is 9.71. The van der Waals surface area contributed by atoms with Crippen LogP contribution >= 0.6 is 0 Å². The monoisotopic (exact) mass is 220 g/mol. The molecule has 0 unspecified atom stereocenters. The topological polar surface area (TPSA) is 15.3 Å². The molecular formula is C14H24N2. The fourth-order valence-electron chi connectivity index (χ4n) is 1.56. The molecule has 0 radical (unpaired) electrons. The second kappa shape index (κ2) is 6.54. The van der Waals surface area contributed by atoms with E-state index in [0.29, 0.717) is 5.92 Å². The van der Waals surface area contributed by atoms with Gasteiger partial charge in [0.25, 0.3) is 0 Å². The molecule has 0 saturated heterocycles. The van der Waals surface area contributed by atoms with E-state index in [9.17, 15) is 0 Å². The molecule has 0 atom stereocenters. The molecule has 2 heteroatoms. The maximum atomic E-state index is 3.45. The van der Waals surface area contributed by atoms with Crippen LogP contribution in [0.5, 0.6) is 0 Å². The van der Waals surface area contributed by atoms with Gasteiger partial charge in [-0.1, -0.05) is 26.0 Å². The second-order valence-corrected chi connectivity index (χ2v) is 4.71. The Morgan fingerprint density at radius 3 is 2.31 bits per heavy atom. The summed E-state index contributed by atoms with van der Waals surface area (Å²) in [6.07, 6.45) is 0. The number of nitrogens with zero attached hydrogens (tertiary/aromatic N) is 1. The minimum absolute atomic E-state index is 0.713. The quantitative estimate of drug-likeness (QED) is 0.793. The molecule has 90 valence electrons. The fraction of sp³-hybridized carbons (Fsp3) is 0.571. The van der Waals surface area contributed by atoms with E-state index < -0.39 is 0 Å². The molecular weight excluding hydrogens is 196 g/mol. The molecule has 0 fully saturated rings. The van der Waals surface area contributed by atoms with Gasteiger partial charge < -0.3 is 10.2 Å². The number of hydrogen-bond donors (Lipinski definition) is 1. The zero-order valence-corrected chi connectivity index (χ0v) is 11.0. The van der Waals surface area contributed by atoms with E-state index in [1.165, 1.54) is 11.3 Å². The highest BCUT2D eigenvalue weighted by molar-refractivity contribution is 5.46. The summed E-state index contributed by atoms with van der Waals surface area (Å²) < 4.78 is 0. The molecule has 0 heterocycles. The molecule has 0 aromatic heterocycles. The van der Waals surface area contributed by atoms with Gasteiger partial charge in [-0.25, -0.2) is 0 Å². The molecule has 0 spiro atoms. The van der Waals surface area contributed by atoms with E-state index in [0.717, 1.165) is 19.6 Å². The summed E-state index contributed by atoms with van der Waals surface area (Å²) in [5.41, 5.74) is 2.64. The van der Waals surface area contributed by atoms with E-state index in [4.69, 9.17) is 0 Å². The second-order valence-electron chi connectivity index (χ2n) is 4.71. The van der Waals surface area contributed by atoms with Gasteiger partial charge in [0.05, 0.1) is 0 Å². The summed E-state index contributed by atoms with van der Waals surface area (Å²) in [5, 5.41) is 3.45. The van der Waals surface area contributed by atoms with Crippen molar-refractivity contribution in [1.29, 1.82) is 0 Å². The third kappa shape index (κ3) is 4.23. The molecule has 0 aliphatic rings. The average Bonchev–Trinajstić information content (AvgIpc) is 2.28. The van der Waals surface area contributed by atoms with Crippen LogP contribution in [0, 0.1) is 5.92 Å². The molecule has 1 N–H and O–H groups in total. The summed E-state index contributed by atoms with van der Waals surface area (Å²) in [7, 11) is 2.12. The van der Waals surface area contributed by atoms with Gasteiger partial charge in [-0.05, 0) is 37.1 Å². The molecule has 0 bridgehead atoms. The number of rotatable bonds is 6. The molecule has 1 aromatic rings. The smallest absolute Gasteiger partial charge is 0.0363 e. The lowest BCUT2D eigenvalue weighted by Gasteiger charge is -2.17. The first-order valence-electron chi connectivity index (χ1n) is 6.14. The molecule has 1 rings (SSSR count). The summed E-state index contributed by atoms with van der Waals surface area (Å²) >= 11 is 0.